The molecule has 1 heterocycles. The number of hydrogen-bond acceptors (Lipinski definition) is 3. The second-order valence-electron chi connectivity index (χ2n) is 6.65. The molecule has 0 radical (unpaired) electrons. The fourth-order valence-corrected chi connectivity index (χ4v) is 4.52. The Morgan fingerprint density at radius 3 is 2.68 bits per heavy atom. The minimum Gasteiger partial charge on any atom is -0.365 e. The van der Waals surface area contributed by atoms with E-state index in [1.165, 1.54) is 27.9 Å². The lowest BCUT2D eigenvalue weighted by Crippen LogP contribution is -2.18. The van der Waals surface area contributed by atoms with Crippen molar-refractivity contribution in [2.45, 2.75) is 33.1 Å². The number of primary amides is 1. The van der Waals surface area contributed by atoms with Gasteiger partial charge in [-0.1, -0.05) is 36.8 Å². The molecule has 0 fully saturated rings. The summed E-state index contributed by atoms with van der Waals surface area (Å²) in [4.78, 5) is 25.3. The van der Waals surface area contributed by atoms with Crippen molar-refractivity contribution in [2.75, 3.05) is 5.32 Å². The predicted octanol–water partition coefficient (Wildman–Crippen LogP) is 3.93. The van der Waals surface area contributed by atoms with Crippen LogP contribution < -0.4 is 11.1 Å². The summed E-state index contributed by atoms with van der Waals surface area (Å²) in [6, 6.07) is 7.91. The molecule has 0 saturated heterocycles. The van der Waals surface area contributed by atoms with Crippen LogP contribution in [0, 0.1) is 12.8 Å². The number of nitrogens with two attached hydrogens (primary N) is 1. The van der Waals surface area contributed by atoms with Crippen LogP contribution in [0.5, 0.6) is 0 Å². The molecule has 1 atom stereocenters. The van der Waals surface area contributed by atoms with Crippen LogP contribution >= 0.6 is 11.3 Å². The molecule has 2 aromatic rings. The number of nitrogens with one attached hydrogen (secondary N) is 1. The van der Waals surface area contributed by atoms with Gasteiger partial charge in [0.1, 0.15) is 5.00 Å². The maximum Gasteiger partial charge on any atom is 0.251 e. The molecule has 0 bridgehead atoms. The Labute approximate surface area is 151 Å². The summed E-state index contributed by atoms with van der Waals surface area (Å²) in [6.07, 6.45) is 6.07. The number of benzene rings is 1. The summed E-state index contributed by atoms with van der Waals surface area (Å²) in [7, 11) is 0. The molecule has 1 aromatic heterocycles. The zero-order valence-corrected chi connectivity index (χ0v) is 15.3. The molecule has 130 valence electrons. The van der Waals surface area contributed by atoms with Gasteiger partial charge in [0.2, 0.25) is 5.91 Å². The normalized spacial score (nSPS) is 16.6. The van der Waals surface area contributed by atoms with Gasteiger partial charge < -0.3 is 11.1 Å². The largest absolute Gasteiger partial charge is 0.365 e. The second-order valence-corrected chi connectivity index (χ2v) is 7.76. The molecule has 0 saturated carbocycles. The summed E-state index contributed by atoms with van der Waals surface area (Å²) in [5.74, 6) is -0.128. The molecule has 2 amide bonds. The quantitative estimate of drug-likeness (QED) is 0.817. The van der Waals surface area contributed by atoms with E-state index in [0.717, 1.165) is 30.4 Å². The van der Waals surface area contributed by atoms with Crippen molar-refractivity contribution < 1.29 is 9.59 Å². The van der Waals surface area contributed by atoms with Crippen molar-refractivity contribution >= 4 is 34.2 Å². The highest BCUT2D eigenvalue weighted by Gasteiger charge is 2.26. The van der Waals surface area contributed by atoms with E-state index in [1.807, 2.05) is 31.2 Å². The molecule has 0 aliphatic heterocycles. The zero-order chi connectivity index (χ0) is 18.0. The van der Waals surface area contributed by atoms with Crippen LogP contribution in [-0.4, -0.2) is 11.8 Å². The molecule has 1 aliphatic carbocycles. The third-order valence-electron chi connectivity index (χ3n) is 4.50. The fraction of sp³-hybridized carbons (Fsp3) is 0.300. The minimum atomic E-state index is -0.468. The summed E-state index contributed by atoms with van der Waals surface area (Å²) >= 11 is 1.48. The number of carbonyl (C=O) groups excluding carboxylic acids is 2. The summed E-state index contributed by atoms with van der Waals surface area (Å²) in [5.41, 5.74) is 9.21. The number of aryl methyl sites for hydroxylation is 1. The van der Waals surface area contributed by atoms with Crippen molar-refractivity contribution in [3.05, 3.63) is 57.5 Å². The lowest BCUT2D eigenvalue weighted by atomic mass is 9.88. The van der Waals surface area contributed by atoms with Crippen LogP contribution in [-0.2, 0) is 17.6 Å². The average Bonchev–Trinajstić information content (AvgIpc) is 2.91. The number of carbonyl (C=O) groups is 2. The number of rotatable bonds is 4. The van der Waals surface area contributed by atoms with Crippen LogP contribution in [0.25, 0.3) is 6.08 Å². The van der Waals surface area contributed by atoms with Gasteiger partial charge in [0.15, 0.2) is 0 Å². The van der Waals surface area contributed by atoms with Crippen LogP contribution in [0.3, 0.4) is 0 Å². The van der Waals surface area contributed by atoms with Gasteiger partial charge in [0, 0.05) is 11.0 Å². The second kappa shape index (κ2) is 7.23. The molecule has 4 nitrogen and oxygen atoms in total. The van der Waals surface area contributed by atoms with Crippen molar-refractivity contribution in [2.24, 2.45) is 11.7 Å². The Morgan fingerprint density at radius 2 is 2.00 bits per heavy atom. The Hall–Kier alpha value is -2.40. The van der Waals surface area contributed by atoms with Gasteiger partial charge in [0.25, 0.3) is 5.91 Å². The molecule has 5 heteroatoms. The zero-order valence-electron chi connectivity index (χ0n) is 14.5. The molecular weight excluding hydrogens is 332 g/mol. The molecule has 3 N–H and O–H groups in total. The van der Waals surface area contributed by atoms with Gasteiger partial charge in [-0.15, -0.1) is 11.3 Å². The molecule has 0 spiro atoms. The van der Waals surface area contributed by atoms with E-state index < -0.39 is 5.91 Å². The van der Waals surface area contributed by atoms with Crippen LogP contribution in [0.2, 0.25) is 0 Å². The monoisotopic (exact) mass is 354 g/mol. The summed E-state index contributed by atoms with van der Waals surface area (Å²) in [5, 5.41) is 3.41. The maximum absolute atomic E-state index is 12.3. The maximum atomic E-state index is 12.3. The smallest absolute Gasteiger partial charge is 0.251 e. The Balaban J connectivity index is 1.79. The Kier molecular flexibility index (Phi) is 5.04. The third-order valence-corrected chi connectivity index (χ3v) is 5.67. The minimum absolute atomic E-state index is 0.255. The van der Waals surface area contributed by atoms with E-state index in [0.29, 0.717) is 16.5 Å². The van der Waals surface area contributed by atoms with Gasteiger partial charge in [-0.05, 0) is 49.3 Å². The fourth-order valence-electron chi connectivity index (χ4n) is 3.10. The molecule has 1 aliphatic rings. The van der Waals surface area contributed by atoms with E-state index in [9.17, 15) is 9.59 Å². The number of amides is 2. The van der Waals surface area contributed by atoms with E-state index in [-0.39, 0.29) is 5.91 Å². The van der Waals surface area contributed by atoms with E-state index in [4.69, 9.17) is 5.73 Å². The van der Waals surface area contributed by atoms with E-state index in [1.54, 1.807) is 6.08 Å². The SMILES string of the molecule is Cc1ccc(/C=C/C(=O)Nc2sc3c(c2C(N)=O)CC[C@H](C)C3)cc1. The topological polar surface area (TPSA) is 72.2 Å². The van der Waals surface area contributed by atoms with Gasteiger partial charge in [-0.2, -0.15) is 0 Å². The summed E-state index contributed by atoms with van der Waals surface area (Å²) in [6.45, 7) is 4.22. The van der Waals surface area contributed by atoms with Crippen LogP contribution in [0.4, 0.5) is 5.00 Å². The van der Waals surface area contributed by atoms with Crippen molar-refractivity contribution in [3.8, 4) is 0 Å². The van der Waals surface area contributed by atoms with Crippen LogP contribution in [0.1, 0.15) is 45.3 Å². The number of hydrogen-bond donors (Lipinski definition) is 2. The van der Waals surface area contributed by atoms with E-state index in [2.05, 4.69) is 12.2 Å². The lowest BCUT2D eigenvalue weighted by Gasteiger charge is -2.18. The standard InChI is InChI=1S/C20H22N2O2S/c1-12-3-6-14(7-4-12)8-10-17(23)22-20-18(19(21)24)15-9-5-13(2)11-16(15)25-20/h3-4,6-8,10,13H,5,9,11H2,1-2H3,(H2,21,24)(H,22,23)/b10-8+/t13-/m0/s1. The number of fused-ring (bicyclic) bond motifs is 1. The number of anilines is 1. The predicted molar refractivity (Wildman–Crippen MR) is 103 cm³/mol. The lowest BCUT2D eigenvalue weighted by molar-refractivity contribution is -0.111. The first-order valence-corrected chi connectivity index (χ1v) is 9.25. The molecule has 25 heavy (non-hydrogen) atoms. The van der Waals surface area contributed by atoms with Gasteiger partial charge in [-0.25, -0.2) is 0 Å². The van der Waals surface area contributed by atoms with Gasteiger partial charge in [0.05, 0.1) is 5.56 Å². The molecule has 0 unspecified atom stereocenters. The first-order valence-electron chi connectivity index (χ1n) is 8.44. The Bertz CT molecular complexity index is 834. The van der Waals surface area contributed by atoms with Gasteiger partial charge >= 0.3 is 0 Å². The van der Waals surface area contributed by atoms with Crippen LogP contribution in [0.15, 0.2) is 30.3 Å². The molecule has 3 rings (SSSR count). The van der Waals surface area contributed by atoms with Crippen molar-refractivity contribution in [1.29, 1.82) is 0 Å². The van der Waals surface area contributed by atoms with Crippen molar-refractivity contribution in [3.63, 3.8) is 0 Å². The summed E-state index contributed by atoms with van der Waals surface area (Å²) < 4.78 is 0. The third kappa shape index (κ3) is 3.99. The van der Waals surface area contributed by atoms with Crippen molar-refractivity contribution in [1.82, 2.24) is 0 Å². The van der Waals surface area contributed by atoms with E-state index >= 15 is 0 Å². The first kappa shape index (κ1) is 17.4. The average molecular weight is 354 g/mol. The highest BCUT2D eigenvalue weighted by Crippen LogP contribution is 2.39. The molecule has 1 aromatic carbocycles. The molecular formula is C20H22N2O2S. The Morgan fingerprint density at radius 1 is 1.28 bits per heavy atom. The first-order chi connectivity index (χ1) is 11.9. The van der Waals surface area contributed by atoms with Gasteiger partial charge in [-0.3, -0.25) is 9.59 Å². The highest BCUT2D eigenvalue weighted by atomic mass is 32.1. The highest BCUT2D eigenvalue weighted by molar-refractivity contribution is 7.17. The number of thiophene rings is 1.